The number of rotatable bonds is 3. The predicted octanol–water partition coefficient (Wildman–Crippen LogP) is 4.25. The maximum absolute atomic E-state index is 12.9. The van der Waals surface area contributed by atoms with Crippen LogP contribution < -0.4 is 9.46 Å². The van der Waals surface area contributed by atoms with Crippen molar-refractivity contribution < 1.29 is 24.7 Å². The van der Waals surface area contributed by atoms with E-state index in [0.717, 1.165) is 50.0 Å². The molecule has 6 nitrogen and oxygen atoms in total. The lowest BCUT2D eigenvalue weighted by atomic mass is 9.76. The molecule has 0 bridgehead atoms. The molecule has 0 radical (unpaired) electrons. The third kappa shape index (κ3) is 4.55. The molecule has 1 atom stereocenters. The van der Waals surface area contributed by atoms with Gasteiger partial charge in [0.15, 0.2) is 0 Å². The van der Waals surface area contributed by atoms with Crippen LogP contribution in [0.25, 0.3) is 12.2 Å². The van der Waals surface area contributed by atoms with Crippen molar-refractivity contribution in [3.05, 3.63) is 92.4 Å². The van der Waals surface area contributed by atoms with Crippen LogP contribution in [-0.2, 0) is 11.2 Å². The molecule has 1 amide bonds. The van der Waals surface area contributed by atoms with E-state index in [1.807, 2.05) is 29.2 Å². The van der Waals surface area contributed by atoms with Crippen molar-refractivity contribution >= 4 is 45.6 Å². The zero-order valence-electron chi connectivity index (χ0n) is 18.4. The Balaban J connectivity index is 1.40. The second-order valence-corrected chi connectivity index (χ2v) is 10.3. The maximum Gasteiger partial charge on any atom is 0.249 e. The first kappa shape index (κ1) is 22.9. The molecule has 0 spiro atoms. The first-order chi connectivity index (χ1) is 16.4. The molecule has 1 aliphatic carbocycles. The highest BCUT2D eigenvalue weighted by atomic mass is 79.9. The fraction of sp³-hybridized carbons (Fsp3) is 0.269. The van der Waals surface area contributed by atoms with Gasteiger partial charge < -0.3 is 4.90 Å². The van der Waals surface area contributed by atoms with E-state index in [1.165, 1.54) is 17.1 Å². The number of benzene rings is 1. The Morgan fingerprint density at radius 1 is 1.06 bits per heavy atom. The van der Waals surface area contributed by atoms with Crippen LogP contribution in [0.3, 0.4) is 0 Å². The number of pyridine rings is 2. The van der Waals surface area contributed by atoms with Gasteiger partial charge in [0.1, 0.15) is 0 Å². The summed E-state index contributed by atoms with van der Waals surface area (Å²) in [5, 5.41) is 21.0. The SMILES string of the molecule is O=C(Cc1cc[n+](O)cc1)N1CCC([C@@H]2c3ccc(Cl)cc3C=Cc3cc(Br)c[n+](O)c32)CC1. The molecule has 8 heteroatoms. The van der Waals surface area contributed by atoms with Crippen molar-refractivity contribution in [2.24, 2.45) is 5.92 Å². The minimum Gasteiger partial charge on any atom is -0.342 e. The summed E-state index contributed by atoms with van der Waals surface area (Å²) in [6.07, 6.45) is 10.8. The zero-order chi connectivity index (χ0) is 23.8. The van der Waals surface area contributed by atoms with E-state index in [0.29, 0.717) is 24.5 Å². The van der Waals surface area contributed by atoms with Crippen molar-refractivity contribution in [2.75, 3.05) is 13.1 Å². The van der Waals surface area contributed by atoms with Gasteiger partial charge in [-0.2, -0.15) is 0 Å². The molecule has 3 heterocycles. The number of likely N-dealkylation sites (tertiary alicyclic amines) is 1. The minimum absolute atomic E-state index is 0.0262. The van der Waals surface area contributed by atoms with E-state index in [-0.39, 0.29) is 17.7 Å². The van der Waals surface area contributed by atoms with E-state index in [1.54, 1.807) is 18.3 Å². The number of carbonyl (C=O) groups excluding carboxylic acids is 1. The summed E-state index contributed by atoms with van der Waals surface area (Å²) in [5.74, 6) is 0.319. The molecule has 0 unspecified atom stereocenters. The predicted molar refractivity (Wildman–Crippen MR) is 131 cm³/mol. The quantitative estimate of drug-likeness (QED) is 0.384. The van der Waals surface area contributed by atoms with E-state index >= 15 is 0 Å². The molecule has 174 valence electrons. The molecule has 1 aromatic carbocycles. The summed E-state index contributed by atoms with van der Waals surface area (Å²) < 4.78 is 3.00. The van der Waals surface area contributed by atoms with Crippen molar-refractivity contribution in [3.8, 4) is 0 Å². The number of hydrogen-bond donors (Lipinski definition) is 2. The third-order valence-electron chi connectivity index (χ3n) is 6.80. The summed E-state index contributed by atoms with van der Waals surface area (Å²) in [6.45, 7) is 1.33. The number of nitrogens with zero attached hydrogens (tertiary/aromatic N) is 3. The molecule has 34 heavy (non-hydrogen) atoms. The molecule has 2 aromatic heterocycles. The van der Waals surface area contributed by atoms with Gasteiger partial charge >= 0.3 is 0 Å². The Bertz CT molecular complexity index is 1270. The highest BCUT2D eigenvalue weighted by Crippen LogP contribution is 2.42. The first-order valence-electron chi connectivity index (χ1n) is 11.3. The molecule has 3 aromatic rings. The second kappa shape index (κ2) is 9.39. The Morgan fingerprint density at radius 3 is 2.50 bits per heavy atom. The van der Waals surface area contributed by atoms with Crippen LogP contribution in [0.15, 0.2) is 59.5 Å². The third-order valence-corrected chi connectivity index (χ3v) is 7.47. The molecule has 0 saturated carbocycles. The highest BCUT2D eigenvalue weighted by molar-refractivity contribution is 9.10. The summed E-state index contributed by atoms with van der Waals surface area (Å²) >= 11 is 9.79. The number of hydrogen-bond acceptors (Lipinski definition) is 3. The monoisotopic (exact) mass is 541 g/mol. The minimum atomic E-state index is -0.0262. The number of halogens is 2. The van der Waals surface area contributed by atoms with Gasteiger partial charge in [0.05, 0.1) is 16.8 Å². The average molecular weight is 543 g/mol. The number of carbonyl (C=O) groups is 1. The molecule has 1 aliphatic heterocycles. The van der Waals surface area contributed by atoms with Gasteiger partial charge in [0.25, 0.3) is 0 Å². The summed E-state index contributed by atoms with van der Waals surface area (Å²) in [7, 11) is 0. The number of amides is 1. The summed E-state index contributed by atoms with van der Waals surface area (Å²) in [4.78, 5) is 14.8. The normalized spacial score (nSPS) is 17.7. The summed E-state index contributed by atoms with van der Waals surface area (Å²) in [5.41, 5.74) is 4.87. The number of fused-ring (bicyclic) bond motifs is 2. The van der Waals surface area contributed by atoms with Crippen LogP contribution in [-0.4, -0.2) is 34.3 Å². The van der Waals surface area contributed by atoms with E-state index in [2.05, 4.69) is 28.1 Å². The van der Waals surface area contributed by atoms with E-state index in [4.69, 9.17) is 11.6 Å². The average Bonchev–Trinajstić information content (AvgIpc) is 2.97. The molecule has 2 aliphatic rings. The smallest absolute Gasteiger partial charge is 0.249 e. The van der Waals surface area contributed by atoms with Gasteiger partial charge in [-0.05, 0) is 75.7 Å². The lowest BCUT2D eigenvalue weighted by molar-refractivity contribution is -0.910. The van der Waals surface area contributed by atoms with Crippen molar-refractivity contribution in [1.29, 1.82) is 0 Å². The van der Waals surface area contributed by atoms with Gasteiger partial charge in [0, 0.05) is 45.3 Å². The molecular formula is C26H25BrClN3O3+2. The van der Waals surface area contributed by atoms with Gasteiger partial charge in [-0.1, -0.05) is 23.7 Å². The van der Waals surface area contributed by atoms with Crippen molar-refractivity contribution in [3.63, 3.8) is 0 Å². The van der Waals surface area contributed by atoms with Crippen LogP contribution in [0, 0.1) is 5.92 Å². The fourth-order valence-electron chi connectivity index (χ4n) is 5.15. The van der Waals surface area contributed by atoms with Crippen LogP contribution in [0.4, 0.5) is 0 Å². The van der Waals surface area contributed by atoms with Crippen LogP contribution in [0.1, 0.15) is 46.7 Å². The Hall–Kier alpha value is -2.90. The number of aromatic nitrogens is 2. The topological polar surface area (TPSA) is 68.5 Å². The van der Waals surface area contributed by atoms with Crippen LogP contribution in [0.5, 0.6) is 0 Å². The van der Waals surface area contributed by atoms with Gasteiger partial charge in [-0.25, -0.2) is 0 Å². The molecule has 1 fully saturated rings. The Labute approximate surface area is 211 Å². The molecular weight excluding hydrogens is 518 g/mol. The molecule has 2 N–H and O–H groups in total. The van der Waals surface area contributed by atoms with Crippen molar-refractivity contribution in [1.82, 2.24) is 4.90 Å². The van der Waals surface area contributed by atoms with Crippen molar-refractivity contribution in [2.45, 2.75) is 25.2 Å². The number of piperidine rings is 1. The Morgan fingerprint density at radius 2 is 1.76 bits per heavy atom. The second-order valence-electron chi connectivity index (χ2n) is 8.91. The van der Waals surface area contributed by atoms with Gasteiger partial charge in [0.2, 0.25) is 30.2 Å². The highest BCUT2D eigenvalue weighted by Gasteiger charge is 2.39. The van der Waals surface area contributed by atoms with E-state index in [9.17, 15) is 15.2 Å². The van der Waals surface area contributed by atoms with Gasteiger partial charge in [-0.15, -0.1) is 0 Å². The van der Waals surface area contributed by atoms with E-state index < -0.39 is 0 Å². The molecule has 5 rings (SSSR count). The first-order valence-corrected chi connectivity index (χ1v) is 12.5. The Kier molecular flexibility index (Phi) is 6.32. The van der Waals surface area contributed by atoms with Gasteiger partial charge in [-0.3, -0.25) is 15.2 Å². The zero-order valence-corrected chi connectivity index (χ0v) is 20.8. The fourth-order valence-corrected chi connectivity index (χ4v) is 5.77. The summed E-state index contributed by atoms with van der Waals surface area (Å²) in [6, 6.07) is 11.5. The largest absolute Gasteiger partial charge is 0.342 e. The lowest BCUT2D eigenvalue weighted by Gasteiger charge is -2.35. The van der Waals surface area contributed by atoms with Crippen LogP contribution in [0.2, 0.25) is 5.02 Å². The molecule has 1 saturated heterocycles. The lowest BCUT2D eigenvalue weighted by Crippen LogP contribution is -2.44. The standard InChI is InChI=1S/C26H25BrClN3O3/c27-21-14-20-2-1-19-15-22(28)3-4-23(19)25(26(20)31(34)16-21)18-7-9-29(10-8-18)24(32)13-17-5-11-30(33)12-6-17/h1-6,11-12,14-16,18,25,33-34H,7-10,13H2/q+2/t25-/m1/s1. The van der Waals surface area contributed by atoms with Crippen LogP contribution >= 0.6 is 27.5 Å². The maximum atomic E-state index is 12.9.